The molecule has 0 aliphatic heterocycles. The number of thiophene rings is 1. The van der Waals surface area contributed by atoms with Crippen molar-refractivity contribution in [1.29, 1.82) is 0 Å². The van der Waals surface area contributed by atoms with Crippen molar-refractivity contribution in [3.8, 4) is 0 Å². The second-order valence-electron chi connectivity index (χ2n) is 6.57. The molecular weight excluding hydrogens is 316 g/mol. The van der Waals surface area contributed by atoms with Crippen LogP contribution in [-0.2, 0) is 12.8 Å². The lowest BCUT2D eigenvalue weighted by Gasteiger charge is -2.23. The first kappa shape index (κ1) is 17.0. The van der Waals surface area contributed by atoms with E-state index in [1.54, 1.807) is 11.3 Å². The molecule has 0 bridgehead atoms. The average molecular weight is 343 g/mol. The van der Waals surface area contributed by atoms with Crippen LogP contribution in [0.5, 0.6) is 0 Å². The van der Waals surface area contributed by atoms with Crippen molar-refractivity contribution >= 4 is 22.9 Å². The van der Waals surface area contributed by atoms with Gasteiger partial charge in [0.05, 0.1) is 5.56 Å². The second-order valence-corrected chi connectivity index (χ2v) is 7.53. The van der Waals surface area contributed by atoms with Crippen LogP contribution < -0.4 is 10.2 Å². The summed E-state index contributed by atoms with van der Waals surface area (Å²) in [6.45, 7) is 6.88. The van der Waals surface area contributed by atoms with Gasteiger partial charge in [-0.2, -0.15) is 0 Å². The zero-order valence-corrected chi connectivity index (χ0v) is 15.4. The van der Waals surface area contributed by atoms with Crippen LogP contribution in [0.4, 0.5) is 5.69 Å². The molecule has 0 spiro atoms. The Morgan fingerprint density at radius 3 is 2.88 bits per heavy atom. The van der Waals surface area contributed by atoms with Crippen molar-refractivity contribution in [3.05, 3.63) is 51.7 Å². The Kier molecular flexibility index (Phi) is 5.56. The molecule has 1 unspecified atom stereocenters. The molecule has 0 saturated heterocycles. The van der Waals surface area contributed by atoms with Crippen molar-refractivity contribution < 1.29 is 4.79 Å². The van der Waals surface area contributed by atoms with Gasteiger partial charge in [0, 0.05) is 35.6 Å². The van der Waals surface area contributed by atoms with Gasteiger partial charge in [-0.1, -0.05) is 25.1 Å². The van der Waals surface area contributed by atoms with Gasteiger partial charge in [-0.3, -0.25) is 4.79 Å². The molecule has 1 heterocycles. The molecule has 1 aliphatic carbocycles. The van der Waals surface area contributed by atoms with Gasteiger partial charge in [0.25, 0.3) is 5.91 Å². The molecule has 1 aliphatic rings. The van der Waals surface area contributed by atoms with Crippen LogP contribution in [-0.4, -0.2) is 25.5 Å². The van der Waals surface area contributed by atoms with E-state index in [9.17, 15) is 4.79 Å². The number of rotatable bonds is 6. The number of nitrogens with one attached hydrogen (secondary N) is 1. The SMILES string of the molecule is CCN(CCNC(=O)c1csc2c1CCC(C)C2)c1ccccc1. The quantitative estimate of drug-likeness (QED) is 0.856. The van der Waals surface area contributed by atoms with E-state index >= 15 is 0 Å². The lowest BCUT2D eigenvalue weighted by Crippen LogP contribution is -2.35. The molecule has 0 fully saturated rings. The summed E-state index contributed by atoms with van der Waals surface area (Å²) in [4.78, 5) is 16.2. The second kappa shape index (κ2) is 7.84. The van der Waals surface area contributed by atoms with Crippen LogP contribution in [0.3, 0.4) is 0 Å². The first-order valence-electron chi connectivity index (χ1n) is 8.86. The predicted octanol–water partition coefficient (Wildman–Crippen LogP) is 4.13. The molecule has 1 amide bonds. The van der Waals surface area contributed by atoms with E-state index in [4.69, 9.17) is 0 Å². The van der Waals surface area contributed by atoms with Crippen molar-refractivity contribution in [2.45, 2.75) is 33.1 Å². The number of hydrogen-bond acceptors (Lipinski definition) is 3. The van der Waals surface area contributed by atoms with Crippen molar-refractivity contribution in [2.24, 2.45) is 5.92 Å². The normalized spacial score (nSPS) is 16.5. The minimum absolute atomic E-state index is 0.0890. The molecule has 0 saturated carbocycles. The molecular formula is C20H26N2OS. The molecule has 1 N–H and O–H groups in total. The fraction of sp³-hybridized carbons (Fsp3) is 0.450. The third kappa shape index (κ3) is 3.81. The number of likely N-dealkylation sites (N-methyl/N-ethyl adjacent to an activating group) is 1. The van der Waals surface area contributed by atoms with E-state index in [2.05, 4.69) is 48.3 Å². The Hall–Kier alpha value is -1.81. The van der Waals surface area contributed by atoms with Gasteiger partial charge in [-0.25, -0.2) is 0 Å². The number of anilines is 1. The first-order chi connectivity index (χ1) is 11.7. The number of amides is 1. The third-order valence-corrected chi connectivity index (χ3v) is 5.87. The number of hydrogen-bond donors (Lipinski definition) is 1. The summed E-state index contributed by atoms with van der Waals surface area (Å²) in [6, 6.07) is 10.4. The van der Waals surface area contributed by atoms with E-state index in [1.165, 1.54) is 22.5 Å². The van der Waals surface area contributed by atoms with Gasteiger partial charge in [0.2, 0.25) is 0 Å². The van der Waals surface area contributed by atoms with Crippen LogP contribution in [0.2, 0.25) is 0 Å². The Balaban J connectivity index is 1.56. The summed E-state index contributed by atoms with van der Waals surface area (Å²) < 4.78 is 0. The first-order valence-corrected chi connectivity index (χ1v) is 9.74. The fourth-order valence-corrected chi connectivity index (χ4v) is 4.62. The highest BCUT2D eigenvalue weighted by Crippen LogP contribution is 2.32. The van der Waals surface area contributed by atoms with Gasteiger partial charge in [-0.05, 0) is 49.8 Å². The highest BCUT2D eigenvalue weighted by molar-refractivity contribution is 7.10. The Morgan fingerprint density at radius 1 is 1.33 bits per heavy atom. The van der Waals surface area contributed by atoms with Crippen LogP contribution in [0.1, 0.15) is 41.1 Å². The van der Waals surface area contributed by atoms with Crippen LogP contribution in [0.15, 0.2) is 35.7 Å². The van der Waals surface area contributed by atoms with Gasteiger partial charge < -0.3 is 10.2 Å². The standard InChI is InChI=1S/C20H26N2OS/c1-3-22(16-7-5-4-6-8-16)12-11-21-20(23)18-14-24-19-13-15(2)9-10-17(18)19/h4-8,14-15H,3,9-13H2,1-2H3,(H,21,23). The molecule has 4 heteroatoms. The van der Waals surface area contributed by atoms with E-state index in [-0.39, 0.29) is 5.91 Å². The average Bonchev–Trinajstić information content (AvgIpc) is 3.02. The topological polar surface area (TPSA) is 32.3 Å². The molecule has 24 heavy (non-hydrogen) atoms. The molecule has 3 nitrogen and oxygen atoms in total. The number of carbonyl (C=O) groups is 1. The Labute approximate surface area is 148 Å². The van der Waals surface area contributed by atoms with Crippen molar-refractivity contribution in [2.75, 3.05) is 24.5 Å². The zero-order chi connectivity index (χ0) is 16.9. The number of nitrogens with zero attached hydrogens (tertiary/aromatic N) is 1. The zero-order valence-electron chi connectivity index (χ0n) is 14.5. The third-order valence-electron chi connectivity index (χ3n) is 4.82. The predicted molar refractivity (Wildman–Crippen MR) is 102 cm³/mol. The van der Waals surface area contributed by atoms with Crippen molar-refractivity contribution in [1.82, 2.24) is 5.32 Å². The highest BCUT2D eigenvalue weighted by Gasteiger charge is 2.23. The summed E-state index contributed by atoms with van der Waals surface area (Å²) in [7, 11) is 0. The monoisotopic (exact) mass is 342 g/mol. The fourth-order valence-electron chi connectivity index (χ4n) is 3.38. The molecule has 2 aromatic rings. The molecule has 128 valence electrons. The Bertz CT molecular complexity index is 680. The molecule has 3 rings (SSSR count). The lowest BCUT2D eigenvalue weighted by atomic mass is 9.88. The molecule has 1 aromatic carbocycles. The lowest BCUT2D eigenvalue weighted by molar-refractivity contribution is 0.0954. The van der Waals surface area contributed by atoms with Crippen LogP contribution in [0.25, 0.3) is 0 Å². The summed E-state index contributed by atoms with van der Waals surface area (Å²) in [5.41, 5.74) is 3.41. The maximum atomic E-state index is 12.5. The minimum Gasteiger partial charge on any atom is -0.370 e. The van der Waals surface area contributed by atoms with Crippen molar-refractivity contribution in [3.63, 3.8) is 0 Å². The van der Waals surface area contributed by atoms with E-state index < -0.39 is 0 Å². The van der Waals surface area contributed by atoms with Crippen LogP contribution >= 0.6 is 11.3 Å². The molecule has 1 atom stereocenters. The molecule has 1 aromatic heterocycles. The Morgan fingerprint density at radius 2 is 2.12 bits per heavy atom. The maximum Gasteiger partial charge on any atom is 0.252 e. The summed E-state index contributed by atoms with van der Waals surface area (Å²) in [5, 5.41) is 5.16. The van der Waals surface area contributed by atoms with E-state index in [0.29, 0.717) is 6.54 Å². The number of para-hydroxylation sites is 1. The number of fused-ring (bicyclic) bond motifs is 1. The van der Waals surface area contributed by atoms with Crippen LogP contribution in [0, 0.1) is 5.92 Å². The van der Waals surface area contributed by atoms with Gasteiger partial charge in [0.1, 0.15) is 0 Å². The number of carbonyl (C=O) groups excluding carboxylic acids is 1. The summed E-state index contributed by atoms with van der Waals surface area (Å²) in [5.74, 6) is 0.835. The van der Waals surface area contributed by atoms with Gasteiger partial charge >= 0.3 is 0 Å². The minimum atomic E-state index is 0.0890. The van der Waals surface area contributed by atoms with E-state index in [1.807, 2.05) is 11.4 Å². The van der Waals surface area contributed by atoms with E-state index in [0.717, 1.165) is 37.4 Å². The highest BCUT2D eigenvalue weighted by atomic mass is 32.1. The number of benzene rings is 1. The molecule has 0 radical (unpaired) electrons. The summed E-state index contributed by atoms with van der Waals surface area (Å²) in [6.07, 6.45) is 3.38. The smallest absolute Gasteiger partial charge is 0.252 e. The van der Waals surface area contributed by atoms with Gasteiger partial charge in [0.15, 0.2) is 0 Å². The maximum absolute atomic E-state index is 12.5. The van der Waals surface area contributed by atoms with Gasteiger partial charge in [-0.15, -0.1) is 11.3 Å². The largest absolute Gasteiger partial charge is 0.370 e. The summed E-state index contributed by atoms with van der Waals surface area (Å²) >= 11 is 1.75.